The van der Waals surface area contributed by atoms with Gasteiger partial charge in [-0.05, 0) is 25.8 Å². The van der Waals surface area contributed by atoms with E-state index in [4.69, 9.17) is 10.5 Å². The third kappa shape index (κ3) is 3.86. The largest absolute Gasteiger partial charge is 0.461 e. The van der Waals surface area contributed by atoms with Crippen LogP contribution < -0.4 is 5.73 Å². The summed E-state index contributed by atoms with van der Waals surface area (Å²) in [5.74, 6) is -0.120. The lowest BCUT2D eigenvalue weighted by Gasteiger charge is -2.24. The van der Waals surface area contributed by atoms with Gasteiger partial charge in [0, 0.05) is 5.92 Å². The minimum atomic E-state index is -0.564. The predicted octanol–water partition coefficient (Wildman–Crippen LogP) is 2.46. The molecule has 0 aliphatic heterocycles. The smallest absolute Gasteiger partial charge is 0.322 e. The summed E-state index contributed by atoms with van der Waals surface area (Å²) in [4.78, 5) is 11.5. The highest BCUT2D eigenvalue weighted by Gasteiger charge is 2.22. The maximum absolute atomic E-state index is 11.5. The molecule has 0 heterocycles. The Hall–Kier alpha value is -1.35. The molecule has 0 spiro atoms. The van der Waals surface area contributed by atoms with E-state index in [1.165, 1.54) is 5.56 Å². The molecule has 0 unspecified atom stereocenters. The maximum atomic E-state index is 11.5. The highest BCUT2D eigenvalue weighted by molar-refractivity contribution is 5.75. The first kappa shape index (κ1) is 13.7. The lowest BCUT2D eigenvalue weighted by molar-refractivity contribution is -0.150. The fourth-order valence-corrected chi connectivity index (χ4v) is 1.91. The van der Waals surface area contributed by atoms with Crippen LogP contribution in [0.5, 0.6) is 0 Å². The molecule has 0 saturated carbocycles. The van der Waals surface area contributed by atoms with E-state index >= 15 is 0 Å². The number of rotatable bonds is 5. The first-order valence-electron chi connectivity index (χ1n) is 6.07. The highest BCUT2D eigenvalue weighted by atomic mass is 16.5. The molecule has 0 aliphatic carbocycles. The molecular formula is C14H21NO2. The standard InChI is InChI=1S/C14H21NO2/c1-4-13(12-8-6-5-7-9-12)11(3)17-14(16)10(2)15/h5-11,13H,4,15H2,1-3H3/t10-,11-,13+/m0/s1. The second-order valence-corrected chi connectivity index (χ2v) is 4.36. The Labute approximate surface area is 103 Å². The molecule has 1 aromatic rings. The van der Waals surface area contributed by atoms with Gasteiger partial charge < -0.3 is 10.5 Å². The molecule has 3 heteroatoms. The van der Waals surface area contributed by atoms with Gasteiger partial charge in [0.2, 0.25) is 0 Å². The van der Waals surface area contributed by atoms with Crippen molar-refractivity contribution in [2.75, 3.05) is 0 Å². The predicted molar refractivity (Wildman–Crippen MR) is 68.7 cm³/mol. The normalized spacial score (nSPS) is 16.0. The number of hydrogen-bond donors (Lipinski definition) is 1. The number of carbonyl (C=O) groups excluding carboxylic acids is 1. The van der Waals surface area contributed by atoms with Gasteiger partial charge in [-0.3, -0.25) is 4.79 Å². The summed E-state index contributed by atoms with van der Waals surface area (Å²) in [6, 6.07) is 9.53. The Morgan fingerprint density at radius 3 is 2.35 bits per heavy atom. The molecule has 0 aromatic heterocycles. The van der Waals surface area contributed by atoms with Crippen LogP contribution in [-0.2, 0) is 9.53 Å². The SMILES string of the molecule is CC[C@@H](c1ccccc1)[C@H](C)OC(=O)[C@H](C)N. The summed E-state index contributed by atoms with van der Waals surface area (Å²) < 4.78 is 5.36. The summed E-state index contributed by atoms with van der Waals surface area (Å²) >= 11 is 0. The number of ether oxygens (including phenoxy) is 1. The average Bonchev–Trinajstić information content (AvgIpc) is 2.31. The molecule has 0 amide bonds. The molecule has 1 rings (SSSR count). The lowest BCUT2D eigenvalue weighted by Crippen LogP contribution is -2.33. The van der Waals surface area contributed by atoms with Crippen LogP contribution in [0.1, 0.15) is 38.7 Å². The van der Waals surface area contributed by atoms with Crippen LogP contribution in [0, 0.1) is 0 Å². The van der Waals surface area contributed by atoms with Crippen molar-refractivity contribution in [1.82, 2.24) is 0 Å². The fraction of sp³-hybridized carbons (Fsp3) is 0.500. The summed E-state index contributed by atoms with van der Waals surface area (Å²) in [5, 5.41) is 0. The van der Waals surface area contributed by atoms with Crippen LogP contribution in [0.25, 0.3) is 0 Å². The van der Waals surface area contributed by atoms with E-state index < -0.39 is 6.04 Å². The molecular weight excluding hydrogens is 214 g/mol. The molecule has 0 aliphatic rings. The number of carbonyl (C=O) groups is 1. The second-order valence-electron chi connectivity index (χ2n) is 4.36. The van der Waals surface area contributed by atoms with Crippen LogP contribution in [0.4, 0.5) is 0 Å². The van der Waals surface area contributed by atoms with Crippen molar-refractivity contribution in [3.63, 3.8) is 0 Å². The van der Waals surface area contributed by atoms with E-state index in [1.807, 2.05) is 25.1 Å². The number of hydrogen-bond acceptors (Lipinski definition) is 3. The summed E-state index contributed by atoms with van der Waals surface area (Å²) in [6.07, 6.45) is 0.776. The van der Waals surface area contributed by atoms with Gasteiger partial charge in [0.25, 0.3) is 0 Å². The van der Waals surface area contributed by atoms with Gasteiger partial charge in [-0.1, -0.05) is 37.3 Å². The van der Waals surface area contributed by atoms with E-state index in [2.05, 4.69) is 19.1 Å². The zero-order valence-corrected chi connectivity index (χ0v) is 10.7. The Kier molecular flexibility index (Phi) is 5.16. The first-order chi connectivity index (χ1) is 8.06. The van der Waals surface area contributed by atoms with Crippen LogP contribution in [-0.4, -0.2) is 18.1 Å². The second kappa shape index (κ2) is 6.40. The van der Waals surface area contributed by atoms with Gasteiger partial charge in [0.05, 0.1) is 0 Å². The van der Waals surface area contributed by atoms with E-state index in [0.717, 1.165) is 6.42 Å². The molecule has 2 N–H and O–H groups in total. The Balaban J connectivity index is 2.71. The van der Waals surface area contributed by atoms with Gasteiger partial charge >= 0.3 is 5.97 Å². The van der Waals surface area contributed by atoms with E-state index in [1.54, 1.807) is 6.92 Å². The van der Waals surface area contributed by atoms with Crippen molar-refractivity contribution < 1.29 is 9.53 Å². The van der Waals surface area contributed by atoms with E-state index in [9.17, 15) is 4.79 Å². The zero-order valence-electron chi connectivity index (χ0n) is 10.7. The Morgan fingerprint density at radius 2 is 1.88 bits per heavy atom. The number of benzene rings is 1. The zero-order chi connectivity index (χ0) is 12.8. The molecule has 0 bridgehead atoms. The Morgan fingerprint density at radius 1 is 1.29 bits per heavy atom. The summed E-state index contributed by atoms with van der Waals surface area (Å²) in [7, 11) is 0. The molecule has 3 nitrogen and oxygen atoms in total. The molecule has 3 atom stereocenters. The third-order valence-electron chi connectivity index (χ3n) is 2.91. The van der Waals surface area contributed by atoms with Gasteiger partial charge in [-0.25, -0.2) is 0 Å². The third-order valence-corrected chi connectivity index (χ3v) is 2.91. The maximum Gasteiger partial charge on any atom is 0.322 e. The minimum Gasteiger partial charge on any atom is -0.461 e. The van der Waals surface area contributed by atoms with Crippen molar-refractivity contribution in [3.05, 3.63) is 35.9 Å². The molecule has 0 fully saturated rings. The first-order valence-corrected chi connectivity index (χ1v) is 6.07. The van der Waals surface area contributed by atoms with Gasteiger partial charge in [0.1, 0.15) is 12.1 Å². The molecule has 0 saturated heterocycles. The van der Waals surface area contributed by atoms with E-state index in [0.29, 0.717) is 0 Å². The molecule has 1 aromatic carbocycles. The van der Waals surface area contributed by atoms with Crippen LogP contribution in [0.15, 0.2) is 30.3 Å². The van der Waals surface area contributed by atoms with Crippen molar-refractivity contribution >= 4 is 5.97 Å². The van der Waals surface area contributed by atoms with Crippen molar-refractivity contribution in [2.24, 2.45) is 5.73 Å². The van der Waals surface area contributed by atoms with Crippen LogP contribution in [0.3, 0.4) is 0 Å². The quantitative estimate of drug-likeness (QED) is 0.798. The van der Waals surface area contributed by atoms with Crippen LogP contribution >= 0.6 is 0 Å². The average molecular weight is 235 g/mol. The Bertz CT molecular complexity index is 348. The fourth-order valence-electron chi connectivity index (χ4n) is 1.91. The number of esters is 1. The molecule has 94 valence electrons. The van der Waals surface area contributed by atoms with Gasteiger partial charge in [-0.15, -0.1) is 0 Å². The van der Waals surface area contributed by atoms with Crippen LogP contribution in [0.2, 0.25) is 0 Å². The summed E-state index contributed by atoms with van der Waals surface area (Å²) in [6.45, 7) is 5.65. The highest BCUT2D eigenvalue weighted by Crippen LogP contribution is 2.25. The monoisotopic (exact) mass is 235 g/mol. The minimum absolute atomic E-state index is 0.152. The van der Waals surface area contributed by atoms with Crippen molar-refractivity contribution in [1.29, 1.82) is 0 Å². The van der Waals surface area contributed by atoms with E-state index in [-0.39, 0.29) is 18.0 Å². The lowest BCUT2D eigenvalue weighted by atomic mass is 9.92. The summed E-state index contributed by atoms with van der Waals surface area (Å²) in [5.41, 5.74) is 6.68. The van der Waals surface area contributed by atoms with Gasteiger partial charge in [-0.2, -0.15) is 0 Å². The topological polar surface area (TPSA) is 52.3 Å². The molecule has 0 radical (unpaired) electrons. The number of nitrogens with two attached hydrogens (primary N) is 1. The van der Waals surface area contributed by atoms with Crippen molar-refractivity contribution in [3.8, 4) is 0 Å². The molecule has 17 heavy (non-hydrogen) atoms. The van der Waals surface area contributed by atoms with Crippen molar-refractivity contribution in [2.45, 2.75) is 45.3 Å². The van der Waals surface area contributed by atoms with Gasteiger partial charge in [0.15, 0.2) is 0 Å².